The quantitative estimate of drug-likeness (QED) is 0.917. The number of aliphatic carboxylic acids is 1. The van der Waals surface area contributed by atoms with E-state index in [9.17, 15) is 9.59 Å². The number of hydrogen-bond acceptors (Lipinski definition) is 3. The van der Waals surface area contributed by atoms with Crippen LogP contribution in [0.5, 0.6) is 5.75 Å². The molecule has 108 valence electrons. The topological polar surface area (TPSA) is 66.8 Å². The summed E-state index contributed by atoms with van der Waals surface area (Å²) >= 11 is 0. The maximum atomic E-state index is 11.7. The third kappa shape index (κ3) is 2.92. The molecule has 20 heavy (non-hydrogen) atoms. The van der Waals surface area contributed by atoms with E-state index in [0.717, 1.165) is 11.3 Å². The Morgan fingerprint density at radius 2 is 2.20 bits per heavy atom. The number of hydrogen-bond donors (Lipinski definition) is 1. The van der Waals surface area contributed by atoms with E-state index in [4.69, 9.17) is 9.84 Å². The van der Waals surface area contributed by atoms with Crippen LogP contribution in [0.3, 0.4) is 0 Å². The number of ether oxygens (including phenoxy) is 1. The number of carboxylic acids is 1. The molecule has 0 aromatic heterocycles. The molecule has 1 N–H and O–H groups in total. The number of fused-ring (bicyclic) bond motifs is 1. The summed E-state index contributed by atoms with van der Waals surface area (Å²) in [7, 11) is 0. The van der Waals surface area contributed by atoms with Crippen LogP contribution in [0.2, 0.25) is 0 Å². The van der Waals surface area contributed by atoms with Crippen molar-refractivity contribution in [2.75, 3.05) is 18.1 Å². The third-order valence-corrected chi connectivity index (χ3v) is 3.54. The Morgan fingerprint density at radius 3 is 2.80 bits per heavy atom. The van der Waals surface area contributed by atoms with Crippen LogP contribution >= 0.6 is 0 Å². The van der Waals surface area contributed by atoms with Crippen LogP contribution in [0.25, 0.3) is 0 Å². The van der Waals surface area contributed by atoms with Gasteiger partial charge in [-0.1, -0.05) is 0 Å². The van der Waals surface area contributed by atoms with Crippen LogP contribution in [-0.4, -0.2) is 30.1 Å². The van der Waals surface area contributed by atoms with Crippen LogP contribution in [-0.2, 0) is 9.59 Å². The molecule has 5 heteroatoms. The molecule has 1 aliphatic rings. The van der Waals surface area contributed by atoms with E-state index >= 15 is 0 Å². The minimum absolute atomic E-state index is 0.0239. The van der Waals surface area contributed by atoms with E-state index in [1.165, 1.54) is 6.92 Å². The molecule has 1 amide bonds. The lowest BCUT2D eigenvalue weighted by Crippen LogP contribution is -2.35. The first-order valence-corrected chi connectivity index (χ1v) is 6.79. The van der Waals surface area contributed by atoms with Crippen molar-refractivity contribution in [2.24, 2.45) is 0 Å². The van der Waals surface area contributed by atoms with Gasteiger partial charge in [-0.2, -0.15) is 0 Å². The first kappa shape index (κ1) is 14.4. The van der Waals surface area contributed by atoms with E-state index in [1.54, 1.807) is 4.90 Å². The molecule has 2 rings (SSSR count). The van der Waals surface area contributed by atoms with Gasteiger partial charge in [-0.15, -0.1) is 0 Å². The highest BCUT2D eigenvalue weighted by Gasteiger charge is 2.29. The van der Waals surface area contributed by atoms with Crippen molar-refractivity contribution in [1.29, 1.82) is 0 Å². The minimum Gasteiger partial charge on any atom is -0.494 e. The monoisotopic (exact) mass is 277 g/mol. The highest BCUT2D eigenvalue weighted by molar-refractivity contribution is 5.93. The highest BCUT2D eigenvalue weighted by Crippen LogP contribution is 2.39. The van der Waals surface area contributed by atoms with Crippen molar-refractivity contribution < 1.29 is 19.4 Å². The zero-order valence-corrected chi connectivity index (χ0v) is 11.8. The number of carbonyl (C=O) groups is 2. The van der Waals surface area contributed by atoms with E-state index in [0.29, 0.717) is 25.3 Å². The van der Waals surface area contributed by atoms with Crippen LogP contribution in [0.15, 0.2) is 18.2 Å². The molecule has 0 saturated carbocycles. The van der Waals surface area contributed by atoms with E-state index in [1.807, 2.05) is 25.1 Å². The molecule has 1 atom stereocenters. The van der Waals surface area contributed by atoms with Gasteiger partial charge in [-0.05, 0) is 43.0 Å². The molecule has 1 aromatic carbocycles. The first-order valence-electron chi connectivity index (χ1n) is 6.79. The molecular formula is C15H19NO4. The van der Waals surface area contributed by atoms with Gasteiger partial charge in [0.25, 0.3) is 0 Å². The molecule has 0 aliphatic carbocycles. The molecular weight excluding hydrogens is 258 g/mol. The van der Waals surface area contributed by atoms with Gasteiger partial charge in [-0.3, -0.25) is 9.59 Å². The Hall–Kier alpha value is -2.04. The Bertz CT molecular complexity index is 527. The van der Waals surface area contributed by atoms with E-state index in [2.05, 4.69) is 0 Å². The second kappa shape index (κ2) is 5.94. The van der Waals surface area contributed by atoms with Crippen molar-refractivity contribution in [1.82, 2.24) is 0 Å². The molecule has 5 nitrogen and oxygen atoms in total. The van der Waals surface area contributed by atoms with Gasteiger partial charge in [-0.25, -0.2) is 0 Å². The van der Waals surface area contributed by atoms with Crippen LogP contribution in [0.1, 0.15) is 38.2 Å². The molecule has 1 aliphatic heterocycles. The van der Waals surface area contributed by atoms with Gasteiger partial charge < -0.3 is 14.7 Å². The summed E-state index contributed by atoms with van der Waals surface area (Å²) in [4.78, 5) is 24.4. The maximum Gasteiger partial charge on any atom is 0.303 e. The molecule has 0 saturated heterocycles. The lowest BCUT2D eigenvalue weighted by atomic mass is 9.87. The van der Waals surface area contributed by atoms with Gasteiger partial charge in [0.15, 0.2) is 0 Å². The average Bonchev–Trinajstić information content (AvgIpc) is 2.38. The van der Waals surface area contributed by atoms with Crippen molar-refractivity contribution in [2.45, 2.75) is 32.6 Å². The predicted molar refractivity (Wildman–Crippen MR) is 75.2 cm³/mol. The van der Waals surface area contributed by atoms with E-state index < -0.39 is 5.97 Å². The zero-order valence-electron chi connectivity index (χ0n) is 11.8. The predicted octanol–water partition coefficient (Wildman–Crippen LogP) is 2.40. The van der Waals surface area contributed by atoms with E-state index in [-0.39, 0.29) is 18.2 Å². The van der Waals surface area contributed by atoms with Gasteiger partial charge in [0.2, 0.25) is 5.91 Å². The van der Waals surface area contributed by atoms with Crippen molar-refractivity contribution >= 4 is 17.6 Å². The summed E-state index contributed by atoms with van der Waals surface area (Å²) in [6.07, 6.45) is 0.739. The summed E-state index contributed by atoms with van der Waals surface area (Å²) < 4.78 is 5.47. The summed E-state index contributed by atoms with van der Waals surface area (Å²) in [6.45, 7) is 4.54. The third-order valence-electron chi connectivity index (χ3n) is 3.54. The van der Waals surface area contributed by atoms with Gasteiger partial charge in [0.1, 0.15) is 5.75 Å². The minimum atomic E-state index is -0.820. The summed E-state index contributed by atoms with van der Waals surface area (Å²) in [5, 5.41) is 9.03. The maximum absolute atomic E-state index is 11.7. The number of amides is 1. The highest BCUT2D eigenvalue weighted by atomic mass is 16.5. The fraction of sp³-hybridized carbons (Fsp3) is 0.467. The number of rotatable bonds is 4. The zero-order chi connectivity index (χ0) is 14.7. The van der Waals surface area contributed by atoms with Crippen molar-refractivity contribution in [3.63, 3.8) is 0 Å². The van der Waals surface area contributed by atoms with Gasteiger partial charge in [0.05, 0.1) is 13.0 Å². The van der Waals surface area contributed by atoms with Gasteiger partial charge in [0, 0.05) is 19.2 Å². The lowest BCUT2D eigenvalue weighted by molar-refractivity contribution is -0.137. The average molecular weight is 277 g/mol. The smallest absolute Gasteiger partial charge is 0.303 e. The lowest BCUT2D eigenvalue weighted by Gasteiger charge is -2.33. The fourth-order valence-corrected chi connectivity index (χ4v) is 2.67. The Labute approximate surface area is 118 Å². The standard InChI is InChI=1S/C15H19NO4/c1-3-20-12-4-5-14-13(9-12)11(8-15(18)19)6-7-16(14)10(2)17/h4-5,9,11H,3,6-8H2,1-2H3,(H,18,19). The Morgan fingerprint density at radius 1 is 1.45 bits per heavy atom. The van der Waals surface area contributed by atoms with Crippen molar-refractivity contribution in [3.05, 3.63) is 23.8 Å². The molecule has 1 unspecified atom stereocenters. The summed E-state index contributed by atoms with van der Waals surface area (Å²) in [5.74, 6) is -0.200. The number of carboxylic acid groups (broad SMARTS) is 1. The summed E-state index contributed by atoms with van der Waals surface area (Å²) in [5.41, 5.74) is 1.69. The van der Waals surface area contributed by atoms with Gasteiger partial charge >= 0.3 is 5.97 Å². The number of benzene rings is 1. The first-order chi connectivity index (χ1) is 9.52. The molecule has 1 heterocycles. The molecule has 0 bridgehead atoms. The summed E-state index contributed by atoms with van der Waals surface area (Å²) in [6, 6.07) is 5.53. The largest absolute Gasteiger partial charge is 0.494 e. The molecule has 0 radical (unpaired) electrons. The molecule has 0 fully saturated rings. The second-order valence-corrected chi connectivity index (χ2v) is 4.91. The SMILES string of the molecule is CCOc1ccc2c(c1)C(CC(=O)O)CCN2C(C)=O. The second-order valence-electron chi connectivity index (χ2n) is 4.91. The Balaban J connectivity index is 2.40. The molecule has 0 spiro atoms. The number of nitrogens with zero attached hydrogens (tertiary/aromatic N) is 1. The van der Waals surface area contributed by atoms with Crippen LogP contribution < -0.4 is 9.64 Å². The number of anilines is 1. The molecule has 1 aromatic rings. The fourth-order valence-electron chi connectivity index (χ4n) is 2.67. The van der Waals surface area contributed by atoms with Crippen molar-refractivity contribution in [3.8, 4) is 5.75 Å². The normalized spacial score (nSPS) is 17.5. The van der Waals surface area contributed by atoms with Crippen LogP contribution in [0.4, 0.5) is 5.69 Å². The van der Waals surface area contributed by atoms with Crippen LogP contribution in [0, 0.1) is 0 Å². The Kier molecular flexibility index (Phi) is 4.27. The number of carbonyl (C=O) groups excluding carboxylic acids is 1.